The van der Waals surface area contributed by atoms with Crippen LogP contribution in [-0.2, 0) is 6.42 Å². The van der Waals surface area contributed by atoms with Gasteiger partial charge in [0.25, 0.3) is 0 Å². The maximum atomic E-state index is 12.8. The maximum Gasteiger partial charge on any atom is 0.319 e. The van der Waals surface area contributed by atoms with E-state index in [1.807, 2.05) is 24.3 Å². The normalized spacial score (nSPS) is 19.7. The topological polar surface area (TPSA) is 12.0 Å². The van der Waals surface area contributed by atoms with Gasteiger partial charge in [0.15, 0.2) is 0 Å². The van der Waals surface area contributed by atoms with Gasteiger partial charge in [-0.05, 0) is 24.0 Å². The largest absolute Gasteiger partial charge is 0.319 e. The summed E-state index contributed by atoms with van der Waals surface area (Å²) in [7, 11) is 0. The lowest BCUT2D eigenvalue weighted by atomic mass is 10.1. The summed E-state index contributed by atoms with van der Waals surface area (Å²) in [6.45, 7) is -0.982. The Morgan fingerprint density at radius 2 is 2.00 bits per heavy atom. The fraction of sp³-hybridized carbons (Fsp3) is 0.500. The van der Waals surface area contributed by atoms with Crippen LogP contribution < -0.4 is 5.32 Å². The number of fused-ring (bicyclic) bond motifs is 1. The second-order valence-corrected chi connectivity index (χ2v) is 4.23. The van der Waals surface area contributed by atoms with Gasteiger partial charge < -0.3 is 5.32 Å². The molecule has 0 saturated carbocycles. The molecule has 94 valence electrons. The molecule has 0 heterocycles. The Morgan fingerprint density at radius 1 is 1.29 bits per heavy atom. The first-order chi connectivity index (χ1) is 8.00. The Labute approximate surface area is 96.8 Å². The van der Waals surface area contributed by atoms with E-state index in [1.54, 1.807) is 0 Å². The van der Waals surface area contributed by atoms with Gasteiger partial charge in [-0.15, -0.1) is 0 Å². The van der Waals surface area contributed by atoms with Gasteiger partial charge in [0.05, 0.1) is 6.54 Å². The van der Waals surface area contributed by atoms with Gasteiger partial charge in [0, 0.05) is 6.04 Å². The summed E-state index contributed by atoms with van der Waals surface area (Å²) >= 11 is 0. The Balaban J connectivity index is 1.99. The van der Waals surface area contributed by atoms with Crippen molar-refractivity contribution >= 4 is 0 Å². The highest BCUT2D eigenvalue weighted by atomic mass is 19.3. The van der Waals surface area contributed by atoms with E-state index in [1.165, 1.54) is 0 Å². The summed E-state index contributed by atoms with van der Waals surface area (Å²) in [5.74, 6) is -3.96. The van der Waals surface area contributed by atoms with Crippen LogP contribution >= 0.6 is 0 Å². The standard InChI is InChI=1S/C12H13F4N/c13-11(14)12(15,16)7-17-10-6-5-8-3-1-2-4-9(8)10/h1-4,10-11,17H,5-7H2. The zero-order chi connectivity index (χ0) is 12.5. The molecule has 1 aliphatic carbocycles. The minimum Gasteiger partial charge on any atom is -0.304 e. The van der Waals surface area contributed by atoms with E-state index < -0.39 is 18.9 Å². The Kier molecular flexibility index (Phi) is 3.38. The molecule has 0 bridgehead atoms. The zero-order valence-electron chi connectivity index (χ0n) is 9.10. The molecule has 1 N–H and O–H groups in total. The summed E-state index contributed by atoms with van der Waals surface area (Å²) in [4.78, 5) is 0. The van der Waals surface area contributed by atoms with Crippen LogP contribution in [0.3, 0.4) is 0 Å². The van der Waals surface area contributed by atoms with E-state index in [4.69, 9.17) is 0 Å². The minimum absolute atomic E-state index is 0.240. The van der Waals surface area contributed by atoms with Gasteiger partial charge in [-0.1, -0.05) is 24.3 Å². The third-order valence-electron chi connectivity index (χ3n) is 3.04. The van der Waals surface area contributed by atoms with E-state index in [2.05, 4.69) is 5.32 Å². The number of hydrogen-bond donors (Lipinski definition) is 1. The molecule has 1 atom stereocenters. The second-order valence-electron chi connectivity index (χ2n) is 4.23. The number of benzene rings is 1. The summed E-state index contributed by atoms with van der Waals surface area (Å²) in [6, 6.07) is 7.25. The summed E-state index contributed by atoms with van der Waals surface area (Å²) in [6.07, 6.45) is -2.14. The van der Waals surface area contributed by atoms with Crippen LogP contribution in [-0.4, -0.2) is 18.9 Å². The van der Waals surface area contributed by atoms with Crippen molar-refractivity contribution in [1.29, 1.82) is 0 Å². The van der Waals surface area contributed by atoms with Gasteiger partial charge in [0.1, 0.15) is 0 Å². The van der Waals surface area contributed by atoms with Crippen molar-refractivity contribution in [2.24, 2.45) is 0 Å². The molecule has 2 rings (SSSR count). The van der Waals surface area contributed by atoms with Crippen molar-refractivity contribution in [2.75, 3.05) is 6.54 Å². The molecule has 0 saturated heterocycles. The number of hydrogen-bond acceptors (Lipinski definition) is 1. The van der Waals surface area contributed by atoms with E-state index in [9.17, 15) is 17.6 Å². The molecule has 1 nitrogen and oxygen atoms in total. The molecule has 1 aliphatic rings. The molecule has 17 heavy (non-hydrogen) atoms. The first-order valence-electron chi connectivity index (χ1n) is 5.48. The molecule has 0 radical (unpaired) electrons. The molecule has 0 fully saturated rings. The predicted molar refractivity (Wildman–Crippen MR) is 56.5 cm³/mol. The van der Waals surface area contributed by atoms with Crippen molar-refractivity contribution in [3.8, 4) is 0 Å². The average molecular weight is 247 g/mol. The van der Waals surface area contributed by atoms with Gasteiger partial charge in [0.2, 0.25) is 0 Å². The molecule has 0 spiro atoms. The Morgan fingerprint density at radius 3 is 2.71 bits per heavy atom. The second kappa shape index (κ2) is 4.64. The van der Waals surface area contributed by atoms with Gasteiger partial charge in [-0.2, -0.15) is 8.78 Å². The van der Waals surface area contributed by atoms with E-state index >= 15 is 0 Å². The van der Waals surface area contributed by atoms with Crippen molar-refractivity contribution in [3.63, 3.8) is 0 Å². The molecule has 1 aromatic carbocycles. The Bertz CT molecular complexity index is 392. The monoisotopic (exact) mass is 247 g/mol. The van der Waals surface area contributed by atoms with Crippen molar-refractivity contribution in [1.82, 2.24) is 5.32 Å². The van der Waals surface area contributed by atoms with Gasteiger partial charge in [-0.3, -0.25) is 0 Å². The third-order valence-corrected chi connectivity index (χ3v) is 3.04. The molecular formula is C12H13F4N. The lowest BCUT2D eigenvalue weighted by Crippen LogP contribution is -2.39. The summed E-state index contributed by atoms with van der Waals surface area (Å²) in [5.41, 5.74) is 2.04. The summed E-state index contributed by atoms with van der Waals surface area (Å²) < 4.78 is 49.5. The van der Waals surface area contributed by atoms with Crippen LogP contribution in [0.15, 0.2) is 24.3 Å². The molecule has 1 aromatic rings. The molecule has 0 amide bonds. The van der Waals surface area contributed by atoms with E-state index in [-0.39, 0.29) is 6.04 Å². The van der Waals surface area contributed by atoms with Crippen LogP contribution in [0.4, 0.5) is 17.6 Å². The molecule has 0 aliphatic heterocycles. The molecular weight excluding hydrogens is 234 g/mol. The highest BCUT2D eigenvalue weighted by Gasteiger charge is 2.41. The summed E-state index contributed by atoms with van der Waals surface area (Å²) in [5, 5.41) is 2.53. The zero-order valence-corrected chi connectivity index (χ0v) is 9.10. The van der Waals surface area contributed by atoms with Crippen LogP contribution in [0.5, 0.6) is 0 Å². The maximum absolute atomic E-state index is 12.8. The SMILES string of the molecule is FC(F)C(F)(F)CNC1CCc2ccccc21. The highest BCUT2D eigenvalue weighted by molar-refractivity contribution is 5.34. The first-order valence-corrected chi connectivity index (χ1v) is 5.48. The van der Waals surface area contributed by atoms with Crippen LogP contribution in [0, 0.1) is 0 Å². The molecule has 1 unspecified atom stereocenters. The van der Waals surface area contributed by atoms with Crippen LogP contribution in [0.2, 0.25) is 0 Å². The van der Waals surface area contributed by atoms with E-state index in [0.29, 0.717) is 6.42 Å². The predicted octanol–water partition coefficient (Wildman–Crippen LogP) is 3.16. The number of alkyl halides is 4. The first kappa shape index (κ1) is 12.4. The van der Waals surface area contributed by atoms with Crippen molar-refractivity contribution in [2.45, 2.75) is 31.2 Å². The number of halogens is 4. The van der Waals surface area contributed by atoms with Gasteiger partial charge >= 0.3 is 12.3 Å². The fourth-order valence-corrected chi connectivity index (χ4v) is 2.11. The third kappa shape index (κ3) is 2.60. The van der Waals surface area contributed by atoms with Crippen LogP contribution in [0.25, 0.3) is 0 Å². The van der Waals surface area contributed by atoms with Crippen LogP contribution in [0.1, 0.15) is 23.6 Å². The van der Waals surface area contributed by atoms with Gasteiger partial charge in [-0.25, -0.2) is 8.78 Å². The Hall–Kier alpha value is -1.10. The molecule has 0 aromatic heterocycles. The highest BCUT2D eigenvalue weighted by Crippen LogP contribution is 2.31. The number of aryl methyl sites for hydroxylation is 1. The quantitative estimate of drug-likeness (QED) is 0.806. The minimum atomic E-state index is -3.96. The number of nitrogens with one attached hydrogen (secondary N) is 1. The molecule has 5 heteroatoms. The van der Waals surface area contributed by atoms with Crippen molar-refractivity contribution < 1.29 is 17.6 Å². The number of rotatable bonds is 4. The smallest absolute Gasteiger partial charge is 0.304 e. The lowest BCUT2D eigenvalue weighted by Gasteiger charge is -2.20. The average Bonchev–Trinajstić information content (AvgIpc) is 2.69. The lowest BCUT2D eigenvalue weighted by molar-refractivity contribution is -0.126. The van der Waals surface area contributed by atoms with E-state index in [0.717, 1.165) is 17.5 Å². The fourth-order valence-electron chi connectivity index (χ4n) is 2.11. The van der Waals surface area contributed by atoms with Crippen molar-refractivity contribution in [3.05, 3.63) is 35.4 Å².